The van der Waals surface area contributed by atoms with Gasteiger partial charge in [0, 0.05) is 29.4 Å². The Kier molecular flexibility index (Phi) is 5.49. The number of hydrogen-bond acceptors (Lipinski definition) is 4. The van der Waals surface area contributed by atoms with Gasteiger partial charge in [-0.1, -0.05) is 6.92 Å². The molecular weight excluding hydrogens is 222 g/mol. The highest BCUT2D eigenvalue weighted by molar-refractivity contribution is 7.99. The van der Waals surface area contributed by atoms with Crippen LogP contribution in [0.5, 0.6) is 5.75 Å². The third-order valence-electron chi connectivity index (χ3n) is 2.29. The molecule has 0 bridgehead atoms. The molecule has 0 aromatic heterocycles. The van der Waals surface area contributed by atoms with Crippen LogP contribution in [0.25, 0.3) is 0 Å². The zero-order valence-corrected chi connectivity index (χ0v) is 10.6. The van der Waals surface area contributed by atoms with E-state index in [1.54, 1.807) is 7.11 Å². The quantitative estimate of drug-likeness (QED) is 0.750. The van der Waals surface area contributed by atoms with Crippen LogP contribution in [0.2, 0.25) is 0 Å². The molecule has 0 aliphatic heterocycles. The number of hydrogen-bond donors (Lipinski definition) is 2. The van der Waals surface area contributed by atoms with Crippen molar-refractivity contribution >= 4 is 17.4 Å². The van der Waals surface area contributed by atoms with Gasteiger partial charge < -0.3 is 15.6 Å². The van der Waals surface area contributed by atoms with E-state index in [1.807, 2.05) is 30.0 Å². The number of ether oxygens (including phenoxy) is 1. The summed E-state index contributed by atoms with van der Waals surface area (Å²) in [5.41, 5.74) is 7.66. The maximum Gasteiger partial charge on any atom is 0.121 e. The molecule has 1 atom stereocenters. The van der Waals surface area contributed by atoms with E-state index >= 15 is 0 Å². The summed E-state index contributed by atoms with van der Waals surface area (Å²) in [5.74, 6) is 1.69. The van der Waals surface area contributed by atoms with Gasteiger partial charge in [-0.3, -0.25) is 0 Å². The van der Waals surface area contributed by atoms with Crippen molar-refractivity contribution in [2.24, 2.45) is 0 Å². The molecular formula is C12H19NO2S. The zero-order chi connectivity index (χ0) is 12.0. The number of thioether (sulfide) groups is 1. The molecule has 0 amide bonds. The van der Waals surface area contributed by atoms with Crippen molar-refractivity contribution in [3.05, 3.63) is 23.8 Å². The predicted molar refractivity (Wildman–Crippen MR) is 69.9 cm³/mol. The summed E-state index contributed by atoms with van der Waals surface area (Å²) in [6, 6.07) is 5.77. The summed E-state index contributed by atoms with van der Waals surface area (Å²) in [6.07, 6.45) is 0.824. The van der Waals surface area contributed by atoms with Gasteiger partial charge in [0.25, 0.3) is 0 Å². The normalized spacial score (nSPS) is 12.4. The van der Waals surface area contributed by atoms with Crippen molar-refractivity contribution < 1.29 is 9.84 Å². The molecule has 90 valence electrons. The second-order valence-corrected chi connectivity index (χ2v) is 5.18. The lowest BCUT2D eigenvalue weighted by Gasteiger charge is -2.10. The minimum atomic E-state index is 0.244. The standard InChI is InChI=1S/C12H19NO2S/c1-9(3-4-14)16-8-10-5-11(13)7-12(6-10)15-2/h5-7,9,14H,3-4,8,13H2,1-2H3. The van der Waals surface area contributed by atoms with Gasteiger partial charge in [-0.15, -0.1) is 0 Å². The summed E-state index contributed by atoms with van der Waals surface area (Å²) >= 11 is 1.81. The summed E-state index contributed by atoms with van der Waals surface area (Å²) in [6.45, 7) is 2.36. The molecule has 0 spiro atoms. The molecule has 4 heteroatoms. The number of nitrogens with two attached hydrogens (primary N) is 1. The second-order valence-electron chi connectivity index (χ2n) is 3.75. The topological polar surface area (TPSA) is 55.5 Å². The molecule has 0 heterocycles. The van der Waals surface area contributed by atoms with Crippen LogP contribution < -0.4 is 10.5 Å². The Morgan fingerprint density at radius 1 is 1.44 bits per heavy atom. The third kappa shape index (κ3) is 4.33. The molecule has 16 heavy (non-hydrogen) atoms. The number of nitrogen functional groups attached to an aromatic ring is 1. The number of anilines is 1. The average Bonchev–Trinajstić information content (AvgIpc) is 2.26. The lowest BCUT2D eigenvalue weighted by atomic mass is 10.2. The van der Waals surface area contributed by atoms with E-state index in [0.29, 0.717) is 5.25 Å². The van der Waals surface area contributed by atoms with Crippen LogP contribution in [0.4, 0.5) is 5.69 Å². The summed E-state index contributed by atoms with van der Waals surface area (Å²) in [5, 5.41) is 9.26. The van der Waals surface area contributed by atoms with Crippen LogP contribution in [0.3, 0.4) is 0 Å². The van der Waals surface area contributed by atoms with Gasteiger partial charge in [0.1, 0.15) is 5.75 Å². The molecule has 0 aliphatic carbocycles. The molecule has 0 fully saturated rings. The van der Waals surface area contributed by atoms with E-state index in [1.165, 1.54) is 0 Å². The van der Waals surface area contributed by atoms with Crippen LogP contribution in [-0.2, 0) is 5.75 Å². The Morgan fingerprint density at radius 2 is 2.19 bits per heavy atom. The van der Waals surface area contributed by atoms with E-state index in [4.69, 9.17) is 15.6 Å². The molecule has 3 nitrogen and oxygen atoms in total. The molecule has 1 aromatic rings. The van der Waals surface area contributed by atoms with Gasteiger partial charge >= 0.3 is 0 Å². The SMILES string of the molecule is COc1cc(N)cc(CSC(C)CCO)c1. The molecule has 0 aliphatic rings. The Morgan fingerprint density at radius 3 is 2.81 bits per heavy atom. The molecule has 1 rings (SSSR count). The maximum absolute atomic E-state index is 8.81. The Bertz CT molecular complexity index is 331. The highest BCUT2D eigenvalue weighted by atomic mass is 32.2. The van der Waals surface area contributed by atoms with Crippen molar-refractivity contribution in [3.8, 4) is 5.75 Å². The molecule has 0 radical (unpaired) electrons. The molecule has 1 unspecified atom stereocenters. The predicted octanol–water partition coefficient (Wildman–Crippen LogP) is 2.28. The first-order valence-corrected chi connectivity index (χ1v) is 6.36. The summed E-state index contributed by atoms with van der Waals surface area (Å²) in [4.78, 5) is 0. The van der Waals surface area contributed by atoms with Gasteiger partial charge in [-0.05, 0) is 24.1 Å². The van der Waals surface area contributed by atoms with E-state index in [-0.39, 0.29) is 6.61 Å². The number of rotatable bonds is 6. The number of aliphatic hydroxyl groups excluding tert-OH is 1. The largest absolute Gasteiger partial charge is 0.497 e. The molecule has 0 saturated carbocycles. The molecule has 3 N–H and O–H groups in total. The lowest BCUT2D eigenvalue weighted by molar-refractivity contribution is 0.289. The van der Waals surface area contributed by atoms with Gasteiger partial charge in [-0.2, -0.15) is 11.8 Å². The van der Waals surface area contributed by atoms with Crippen LogP contribution >= 0.6 is 11.8 Å². The first kappa shape index (κ1) is 13.2. The van der Waals surface area contributed by atoms with E-state index < -0.39 is 0 Å². The van der Waals surface area contributed by atoms with Crippen molar-refractivity contribution in [1.82, 2.24) is 0 Å². The fourth-order valence-corrected chi connectivity index (χ4v) is 2.31. The minimum absolute atomic E-state index is 0.244. The molecule has 1 aromatic carbocycles. The first-order valence-electron chi connectivity index (χ1n) is 5.31. The highest BCUT2D eigenvalue weighted by Crippen LogP contribution is 2.24. The second kappa shape index (κ2) is 6.66. The van der Waals surface area contributed by atoms with Gasteiger partial charge in [-0.25, -0.2) is 0 Å². The summed E-state index contributed by atoms with van der Waals surface area (Å²) in [7, 11) is 1.64. The zero-order valence-electron chi connectivity index (χ0n) is 9.77. The number of aliphatic hydroxyl groups is 1. The highest BCUT2D eigenvalue weighted by Gasteiger charge is 2.04. The number of methoxy groups -OCH3 is 1. The van der Waals surface area contributed by atoms with Crippen LogP contribution in [0, 0.1) is 0 Å². The first-order chi connectivity index (χ1) is 7.65. The van der Waals surface area contributed by atoms with E-state index in [9.17, 15) is 0 Å². The van der Waals surface area contributed by atoms with Crippen LogP contribution in [0.15, 0.2) is 18.2 Å². The average molecular weight is 241 g/mol. The van der Waals surface area contributed by atoms with Crippen LogP contribution in [-0.4, -0.2) is 24.1 Å². The molecule has 0 saturated heterocycles. The van der Waals surface area contributed by atoms with Crippen molar-refractivity contribution in [1.29, 1.82) is 0 Å². The monoisotopic (exact) mass is 241 g/mol. The van der Waals surface area contributed by atoms with Crippen molar-refractivity contribution in [2.45, 2.75) is 24.3 Å². The number of benzene rings is 1. The Hall–Kier alpha value is -0.870. The minimum Gasteiger partial charge on any atom is -0.497 e. The summed E-state index contributed by atoms with van der Waals surface area (Å²) < 4.78 is 5.16. The van der Waals surface area contributed by atoms with Gasteiger partial charge in [0.2, 0.25) is 0 Å². The van der Waals surface area contributed by atoms with E-state index in [2.05, 4.69) is 6.92 Å². The smallest absolute Gasteiger partial charge is 0.121 e. The fraction of sp³-hybridized carbons (Fsp3) is 0.500. The Labute approximate surface area is 101 Å². The van der Waals surface area contributed by atoms with Crippen molar-refractivity contribution in [2.75, 3.05) is 19.5 Å². The van der Waals surface area contributed by atoms with E-state index in [0.717, 1.165) is 29.2 Å². The lowest BCUT2D eigenvalue weighted by Crippen LogP contribution is -2.00. The Balaban J connectivity index is 2.56. The van der Waals surface area contributed by atoms with Crippen LogP contribution in [0.1, 0.15) is 18.9 Å². The van der Waals surface area contributed by atoms with Gasteiger partial charge in [0.05, 0.1) is 7.11 Å². The van der Waals surface area contributed by atoms with Crippen molar-refractivity contribution in [3.63, 3.8) is 0 Å². The van der Waals surface area contributed by atoms with Gasteiger partial charge in [0.15, 0.2) is 0 Å². The fourth-order valence-electron chi connectivity index (χ4n) is 1.39. The maximum atomic E-state index is 8.81. The third-order valence-corrected chi connectivity index (χ3v) is 3.60.